The SMILES string of the molecule is Cc1noc(C)c1NC(=O)N(CC(C)C)C1CCCCC1. The summed E-state index contributed by atoms with van der Waals surface area (Å²) in [5, 5.41) is 6.89. The van der Waals surface area contributed by atoms with Gasteiger partial charge in [-0.2, -0.15) is 0 Å². The van der Waals surface area contributed by atoms with E-state index in [0.29, 0.717) is 23.4 Å². The van der Waals surface area contributed by atoms with Crippen LogP contribution in [0.5, 0.6) is 0 Å². The molecule has 1 aliphatic rings. The molecule has 1 aromatic heterocycles. The summed E-state index contributed by atoms with van der Waals surface area (Å²) in [4.78, 5) is 14.7. The van der Waals surface area contributed by atoms with Gasteiger partial charge in [0.25, 0.3) is 0 Å². The van der Waals surface area contributed by atoms with Gasteiger partial charge in [0.15, 0.2) is 5.76 Å². The van der Waals surface area contributed by atoms with Crippen molar-refractivity contribution in [2.75, 3.05) is 11.9 Å². The van der Waals surface area contributed by atoms with Gasteiger partial charge in [0.1, 0.15) is 11.4 Å². The van der Waals surface area contributed by atoms with E-state index in [1.165, 1.54) is 19.3 Å². The van der Waals surface area contributed by atoms with E-state index >= 15 is 0 Å². The normalized spacial score (nSPS) is 16.2. The van der Waals surface area contributed by atoms with Crippen LogP contribution in [-0.2, 0) is 0 Å². The molecule has 1 saturated carbocycles. The molecule has 0 bridgehead atoms. The van der Waals surface area contributed by atoms with Gasteiger partial charge >= 0.3 is 6.03 Å². The highest BCUT2D eigenvalue weighted by atomic mass is 16.5. The Labute approximate surface area is 127 Å². The molecular weight excluding hydrogens is 266 g/mol. The molecule has 1 N–H and O–H groups in total. The summed E-state index contributed by atoms with van der Waals surface area (Å²) in [6.45, 7) is 8.76. The number of carbonyl (C=O) groups excluding carboxylic acids is 1. The molecule has 0 unspecified atom stereocenters. The number of hydrogen-bond acceptors (Lipinski definition) is 3. The Hall–Kier alpha value is -1.52. The lowest BCUT2D eigenvalue weighted by molar-refractivity contribution is 0.157. The Kier molecular flexibility index (Phi) is 5.26. The van der Waals surface area contributed by atoms with E-state index in [-0.39, 0.29) is 6.03 Å². The first kappa shape index (κ1) is 15.9. The first-order valence-electron chi connectivity index (χ1n) is 7.99. The third-order valence-corrected chi connectivity index (χ3v) is 4.10. The van der Waals surface area contributed by atoms with E-state index in [4.69, 9.17) is 4.52 Å². The quantitative estimate of drug-likeness (QED) is 0.908. The summed E-state index contributed by atoms with van der Waals surface area (Å²) >= 11 is 0. The average molecular weight is 293 g/mol. The molecule has 0 spiro atoms. The number of aromatic nitrogens is 1. The molecule has 0 radical (unpaired) electrons. The highest BCUT2D eigenvalue weighted by molar-refractivity contribution is 5.90. The number of rotatable bonds is 4. The van der Waals surface area contributed by atoms with Crippen LogP contribution in [-0.4, -0.2) is 28.7 Å². The number of aryl methyl sites for hydroxylation is 2. The molecule has 2 rings (SSSR count). The maximum atomic E-state index is 12.7. The number of urea groups is 1. The number of carbonyl (C=O) groups is 1. The predicted octanol–water partition coefficient (Wildman–Crippen LogP) is 4.11. The smallest absolute Gasteiger partial charge is 0.322 e. The first-order valence-corrected chi connectivity index (χ1v) is 7.99. The zero-order valence-electron chi connectivity index (χ0n) is 13.6. The molecule has 0 saturated heterocycles. The Morgan fingerprint density at radius 2 is 2.00 bits per heavy atom. The molecule has 0 aliphatic heterocycles. The van der Waals surface area contributed by atoms with Crippen molar-refractivity contribution < 1.29 is 9.32 Å². The van der Waals surface area contributed by atoms with Crippen LogP contribution < -0.4 is 5.32 Å². The summed E-state index contributed by atoms with van der Waals surface area (Å²) in [7, 11) is 0. The molecule has 1 fully saturated rings. The van der Waals surface area contributed by atoms with Crippen molar-refractivity contribution in [1.29, 1.82) is 0 Å². The number of nitrogens with zero attached hydrogens (tertiary/aromatic N) is 2. The first-order chi connectivity index (χ1) is 9.99. The highest BCUT2D eigenvalue weighted by Crippen LogP contribution is 2.25. The van der Waals surface area contributed by atoms with Gasteiger partial charge in [-0.05, 0) is 32.6 Å². The van der Waals surface area contributed by atoms with Gasteiger partial charge in [-0.15, -0.1) is 0 Å². The molecule has 2 amide bonds. The second kappa shape index (κ2) is 6.96. The fraction of sp³-hybridized carbons (Fsp3) is 0.750. The molecule has 1 heterocycles. The minimum Gasteiger partial charge on any atom is -0.359 e. The van der Waals surface area contributed by atoms with E-state index in [2.05, 4.69) is 24.3 Å². The number of nitrogens with one attached hydrogen (secondary N) is 1. The van der Waals surface area contributed by atoms with Crippen LogP contribution in [0.25, 0.3) is 0 Å². The van der Waals surface area contributed by atoms with Crippen molar-refractivity contribution in [3.63, 3.8) is 0 Å². The van der Waals surface area contributed by atoms with Crippen molar-refractivity contribution >= 4 is 11.7 Å². The molecule has 1 aromatic rings. The lowest BCUT2D eigenvalue weighted by Crippen LogP contribution is -2.45. The number of hydrogen-bond donors (Lipinski definition) is 1. The Bertz CT molecular complexity index is 456. The van der Waals surface area contributed by atoms with Gasteiger partial charge in [0.05, 0.1) is 0 Å². The summed E-state index contributed by atoms with van der Waals surface area (Å²) in [5.41, 5.74) is 1.44. The van der Waals surface area contributed by atoms with Crippen LogP contribution in [0, 0.1) is 19.8 Å². The zero-order chi connectivity index (χ0) is 15.4. The summed E-state index contributed by atoms with van der Waals surface area (Å²) < 4.78 is 5.12. The van der Waals surface area contributed by atoms with Gasteiger partial charge in [-0.3, -0.25) is 0 Å². The molecule has 0 atom stereocenters. The Balaban J connectivity index is 2.10. The maximum Gasteiger partial charge on any atom is 0.322 e. The van der Waals surface area contributed by atoms with Crippen LogP contribution in [0.2, 0.25) is 0 Å². The standard InChI is InChI=1S/C16H27N3O2/c1-11(2)10-19(14-8-6-5-7-9-14)16(20)17-15-12(3)18-21-13(15)4/h11,14H,5-10H2,1-4H3,(H,17,20). The van der Waals surface area contributed by atoms with E-state index in [1.54, 1.807) is 0 Å². The second-order valence-electron chi connectivity index (χ2n) is 6.47. The predicted molar refractivity (Wildman–Crippen MR) is 83.4 cm³/mol. The minimum absolute atomic E-state index is 0.0231. The van der Waals surface area contributed by atoms with E-state index in [0.717, 1.165) is 25.1 Å². The zero-order valence-corrected chi connectivity index (χ0v) is 13.6. The van der Waals surface area contributed by atoms with Crippen LogP contribution in [0.3, 0.4) is 0 Å². The van der Waals surface area contributed by atoms with Gasteiger partial charge in [-0.1, -0.05) is 38.3 Å². The van der Waals surface area contributed by atoms with Crippen LogP contribution >= 0.6 is 0 Å². The van der Waals surface area contributed by atoms with Gasteiger partial charge in [-0.25, -0.2) is 4.79 Å². The highest BCUT2D eigenvalue weighted by Gasteiger charge is 2.27. The third kappa shape index (κ3) is 3.99. The molecule has 0 aromatic carbocycles. The van der Waals surface area contributed by atoms with Crippen molar-refractivity contribution in [2.24, 2.45) is 5.92 Å². The Morgan fingerprint density at radius 3 is 2.52 bits per heavy atom. The number of anilines is 1. The maximum absolute atomic E-state index is 12.7. The third-order valence-electron chi connectivity index (χ3n) is 4.10. The fourth-order valence-electron chi connectivity index (χ4n) is 3.02. The van der Waals surface area contributed by atoms with Gasteiger partial charge < -0.3 is 14.7 Å². The monoisotopic (exact) mass is 293 g/mol. The summed E-state index contributed by atoms with van der Waals surface area (Å²) in [5.74, 6) is 1.12. The summed E-state index contributed by atoms with van der Waals surface area (Å²) in [6.07, 6.45) is 5.96. The molecule has 118 valence electrons. The topological polar surface area (TPSA) is 58.4 Å². The van der Waals surface area contributed by atoms with E-state index in [9.17, 15) is 4.79 Å². The molecule has 21 heavy (non-hydrogen) atoms. The molecular formula is C16H27N3O2. The van der Waals surface area contributed by atoms with Crippen LogP contribution in [0.4, 0.5) is 10.5 Å². The van der Waals surface area contributed by atoms with Crippen LogP contribution in [0.1, 0.15) is 57.4 Å². The summed E-state index contributed by atoms with van der Waals surface area (Å²) in [6, 6.07) is 0.339. The number of amides is 2. The van der Waals surface area contributed by atoms with Crippen molar-refractivity contribution in [3.05, 3.63) is 11.5 Å². The van der Waals surface area contributed by atoms with Crippen molar-refractivity contribution in [3.8, 4) is 0 Å². The largest absolute Gasteiger partial charge is 0.359 e. The van der Waals surface area contributed by atoms with E-state index in [1.807, 2.05) is 18.7 Å². The Morgan fingerprint density at radius 1 is 1.33 bits per heavy atom. The lowest BCUT2D eigenvalue weighted by Gasteiger charge is -2.35. The van der Waals surface area contributed by atoms with Gasteiger partial charge in [0, 0.05) is 12.6 Å². The minimum atomic E-state index is -0.0231. The molecule has 5 nitrogen and oxygen atoms in total. The molecule has 1 aliphatic carbocycles. The fourth-order valence-corrected chi connectivity index (χ4v) is 3.02. The van der Waals surface area contributed by atoms with Crippen LogP contribution in [0.15, 0.2) is 4.52 Å². The molecule has 5 heteroatoms. The van der Waals surface area contributed by atoms with E-state index < -0.39 is 0 Å². The second-order valence-corrected chi connectivity index (χ2v) is 6.47. The van der Waals surface area contributed by atoms with Gasteiger partial charge in [0.2, 0.25) is 0 Å². The van der Waals surface area contributed by atoms with Crippen molar-refractivity contribution in [1.82, 2.24) is 10.1 Å². The van der Waals surface area contributed by atoms with Crippen molar-refractivity contribution in [2.45, 2.75) is 65.8 Å². The average Bonchev–Trinajstić information content (AvgIpc) is 2.77. The lowest BCUT2D eigenvalue weighted by atomic mass is 9.94.